The zero-order chi connectivity index (χ0) is 9.84. The third-order valence-corrected chi connectivity index (χ3v) is 1.85. The first-order valence-corrected chi connectivity index (χ1v) is 4.10. The van der Waals surface area contributed by atoms with Gasteiger partial charge in [-0.05, 0) is 18.6 Å². The summed E-state index contributed by atoms with van der Waals surface area (Å²) in [5, 5.41) is 8.60. The van der Waals surface area contributed by atoms with Crippen LogP contribution in [-0.2, 0) is 0 Å². The number of nitrogens with two attached hydrogens (primary N) is 1. The maximum atomic E-state index is 10.5. The molecule has 4 heteroatoms. The van der Waals surface area contributed by atoms with Crippen LogP contribution in [0.5, 0.6) is 0 Å². The Bertz CT molecular complexity index is 295. The van der Waals surface area contributed by atoms with Crippen LogP contribution in [0.25, 0.3) is 0 Å². The fourth-order valence-electron chi connectivity index (χ4n) is 0.960. The summed E-state index contributed by atoms with van der Waals surface area (Å²) in [7, 11) is 0. The monoisotopic (exact) mass is 180 g/mol. The standard InChI is InChI=1S/C9H12N2O2/c1-2-7(10)8-4-3-6(5-11-8)9(12)13/h3-5,7H,2,10H2,1H3,(H,12,13). The van der Waals surface area contributed by atoms with E-state index in [0.29, 0.717) is 0 Å². The van der Waals surface area contributed by atoms with Crippen LogP contribution in [0.4, 0.5) is 0 Å². The third-order valence-electron chi connectivity index (χ3n) is 1.85. The highest BCUT2D eigenvalue weighted by Gasteiger charge is 2.06. The molecule has 0 spiro atoms. The van der Waals surface area contributed by atoms with Crippen LogP contribution < -0.4 is 5.73 Å². The van der Waals surface area contributed by atoms with Gasteiger partial charge in [0.25, 0.3) is 0 Å². The van der Waals surface area contributed by atoms with Crippen LogP contribution in [0, 0.1) is 0 Å². The minimum atomic E-state index is -0.968. The number of aromatic carboxylic acids is 1. The second-order valence-electron chi connectivity index (χ2n) is 2.79. The number of pyridine rings is 1. The summed E-state index contributed by atoms with van der Waals surface area (Å²) >= 11 is 0. The van der Waals surface area contributed by atoms with Gasteiger partial charge in [-0.25, -0.2) is 4.79 Å². The van der Waals surface area contributed by atoms with E-state index in [-0.39, 0.29) is 11.6 Å². The van der Waals surface area contributed by atoms with Crippen molar-refractivity contribution in [3.05, 3.63) is 29.6 Å². The van der Waals surface area contributed by atoms with Gasteiger partial charge in [-0.15, -0.1) is 0 Å². The van der Waals surface area contributed by atoms with Gasteiger partial charge >= 0.3 is 5.97 Å². The van der Waals surface area contributed by atoms with E-state index in [1.54, 1.807) is 6.07 Å². The highest BCUT2D eigenvalue weighted by atomic mass is 16.4. The van der Waals surface area contributed by atoms with E-state index >= 15 is 0 Å². The Balaban J connectivity index is 2.87. The minimum absolute atomic E-state index is 0.108. The number of carbonyl (C=O) groups is 1. The molecular weight excluding hydrogens is 168 g/mol. The number of hydrogen-bond donors (Lipinski definition) is 2. The molecule has 4 nitrogen and oxygen atoms in total. The lowest BCUT2D eigenvalue weighted by Gasteiger charge is -2.07. The summed E-state index contributed by atoms with van der Waals surface area (Å²) in [6.07, 6.45) is 2.12. The van der Waals surface area contributed by atoms with E-state index in [9.17, 15) is 4.79 Å². The molecule has 0 aliphatic rings. The average Bonchev–Trinajstić information content (AvgIpc) is 2.17. The first-order valence-electron chi connectivity index (χ1n) is 4.10. The molecule has 0 aromatic carbocycles. The van der Waals surface area contributed by atoms with Crippen molar-refractivity contribution in [3.63, 3.8) is 0 Å². The van der Waals surface area contributed by atoms with Crippen molar-refractivity contribution in [1.29, 1.82) is 0 Å². The lowest BCUT2D eigenvalue weighted by molar-refractivity contribution is 0.0696. The molecule has 0 saturated carbocycles. The summed E-state index contributed by atoms with van der Waals surface area (Å²) in [4.78, 5) is 14.4. The maximum absolute atomic E-state index is 10.5. The molecule has 0 fully saturated rings. The Kier molecular flexibility index (Phi) is 2.97. The fraction of sp³-hybridized carbons (Fsp3) is 0.333. The Morgan fingerprint density at radius 2 is 2.38 bits per heavy atom. The maximum Gasteiger partial charge on any atom is 0.337 e. The van der Waals surface area contributed by atoms with Gasteiger partial charge in [0.2, 0.25) is 0 Å². The van der Waals surface area contributed by atoms with Gasteiger partial charge in [0.15, 0.2) is 0 Å². The molecule has 0 aliphatic heterocycles. The van der Waals surface area contributed by atoms with Crippen molar-refractivity contribution >= 4 is 5.97 Å². The summed E-state index contributed by atoms with van der Waals surface area (Å²) in [5.41, 5.74) is 6.63. The summed E-state index contributed by atoms with van der Waals surface area (Å²) in [6.45, 7) is 1.96. The molecule has 0 bridgehead atoms. The van der Waals surface area contributed by atoms with Crippen LogP contribution in [0.2, 0.25) is 0 Å². The lowest BCUT2D eigenvalue weighted by atomic mass is 10.1. The molecular formula is C9H12N2O2. The highest BCUT2D eigenvalue weighted by Crippen LogP contribution is 2.10. The predicted molar refractivity (Wildman–Crippen MR) is 48.4 cm³/mol. The van der Waals surface area contributed by atoms with Crippen molar-refractivity contribution in [2.45, 2.75) is 19.4 Å². The zero-order valence-corrected chi connectivity index (χ0v) is 7.40. The molecule has 13 heavy (non-hydrogen) atoms. The van der Waals surface area contributed by atoms with E-state index in [1.165, 1.54) is 12.3 Å². The normalized spacial score (nSPS) is 12.5. The second kappa shape index (κ2) is 4.00. The minimum Gasteiger partial charge on any atom is -0.478 e. The van der Waals surface area contributed by atoms with Gasteiger partial charge < -0.3 is 10.8 Å². The van der Waals surface area contributed by atoms with Crippen molar-refractivity contribution in [2.24, 2.45) is 5.73 Å². The molecule has 1 unspecified atom stereocenters. The number of hydrogen-bond acceptors (Lipinski definition) is 3. The molecule has 0 amide bonds. The largest absolute Gasteiger partial charge is 0.478 e. The van der Waals surface area contributed by atoms with Gasteiger partial charge in [0.1, 0.15) is 0 Å². The molecule has 70 valence electrons. The molecule has 1 aromatic rings. The Morgan fingerprint density at radius 1 is 1.69 bits per heavy atom. The van der Waals surface area contributed by atoms with Gasteiger partial charge in [-0.3, -0.25) is 4.98 Å². The summed E-state index contributed by atoms with van der Waals surface area (Å²) in [5.74, 6) is -0.968. The Morgan fingerprint density at radius 3 is 2.77 bits per heavy atom. The summed E-state index contributed by atoms with van der Waals surface area (Å²) < 4.78 is 0. The van der Waals surface area contributed by atoms with Gasteiger partial charge in [-0.1, -0.05) is 6.92 Å². The molecule has 1 heterocycles. The van der Waals surface area contributed by atoms with Crippen LogP contribution in [0.15, 0.2) is 18.3 Å². The molecule has 1 rings (SSSR count). The van der Waals surface area contributed by atoms with E-state index in [1.807, 2.05) is 6.92 Å². The van der Waals surface area contributed by atoms with E-state index in [2.05, 4.69) is 4.98 Å². The number of nitrogens with zero attached hydrogens (tertiary/aromatic N) is 1. The quantitative estimate of drug-likeness (QED) is 0.732. The van der Waals surface area contributed by atoms with Crippen molar-refractivity contribution in [2.75, 3.05) is 0 Å². The lowest BCUT2D eigenvalue weighted by Crippen LogP contribution is -2.11. The number of rotatable bonds is 3. The van der Waals surface area contributed by atoms with E-state index in [4.69, 9.17) is 10.8 Å². The van der Waals surface area contributed by atoms with Crippen LogP contribution in [-0.4, -0.2) is 16.1 Å². The number of aromatic nitrogens is 1. The molecule has 0 aliphatic carbocycles. The van der Waals surface area contributed by atoms with Gasteiger partial charge in [-0.2, -0.15) is 0 Å². The van der Waals surface area contributed by atoms with Gasteiger partial charge in [0, 0.05) is 12.2 Å². The Hall–Kier alpha value is -1.42. The van der Waals surface area contributed by atoms with Crippen molar-refractivity contribution < 1.29 is 9.90 Å². The molecule has 1 atom stereocenters. The fourth-order valence-corrected chi connectivity index (χ4v) is 0.960. The molecule has 0 radical (unpaired) electrons. The zero-order valence-electron chi connectivity index (χ0n) is 7.40. The Labute approximate surface area is 76.4 Å². The van der Waals surface area contributed by atoms with Gasteiger partial charge in [0.05, 0.1) is 11.3 Å². The molecule has 1 aromatic heterocycles. The first kappa shape index (κ1) is 9.67. The van der Waals surface area contributed by atoms with Crippen molar-refractivity contribution in [1.82, 2.24) is 4.98 Å². The SMILES string of the molecule is CCC(N)c1ccc(C(=O)O)cn1. The third kappa shape index (κ3) is 2.26. The van der Waals surface area contributed by atoms with Crippen LogP contribution >= 0.6 is 0 Å². The summed E-state index contributed by atoms with van der Waals surface area (Å²) in [6, 6.07) is 3.06. The molecule has 0 saturated heterocycles. The average molecular weight is 180 g/mol. The number of carboxylic acids is 1. The van der Waals surface area contributed by atoms with Crippen LogP contribution in [0.1, 0.15) is 35.4 Å². The van der Waals surface area contributed by atoms with Crippen LogP contribution in [0.3, 0.4) is 0 Å². The first-order chi connectivity index (χ1) is 6.15. The number of carboxylic acid groups (broad SMARTS) is 1. The predicted octanol–water partition coefficient (Wildman–Crippen LogP) is 1.19. The smallest absolute Gasteiger partial charge is 0.337 e. The highest BCUT2D eigenvalue weighted by molar-refractivity contribution is 5.87. The topological polar surface area (TPSA) is 76.2 Å². The molecule has 3 N–H and O–H groups in total. The van der Waals surface area contributed by atoms with E-state index < -0.39 is 5.97 Å². The van der Waals surface area contributed by atoms with E-state index in [0.717, 1.165) is 12.1 Å². The second-order valence-corrected chi connectivity index (χ2v) is 2.79. The van der Waals surface area contributed by atoms with Crippen molar-refractivity contribution in [3.8, 4) is 0 Å².